The van der Waals surface area contributed by atoms with Gasteiger partial charge in [-0.1, -0.05) is 20.8 Å². The fourth-order valence-electron chi connectivity index (χ4n) is 1.61. The number of nitrogens with one attached hydrogen (secondary N) is 2. The lowest BCUT2D eigenvalue weighted by Crippen LogP contribution is -2.19. The minimum atomic E-state index is -0.135. The first-order chi connectivity index (χ1) is 9.38. The highest BCUT2D eigenvalue weighted by atomic mass is 32.1. The van der Waals surface area contributed by atoms with E-state index >= 15 is 0 Å². The molecule has 0 fully saturated rings. The second-order valence-corrected chi connectivity index (χ2v) is 6.87. The molecule has 0 aliphatic rings. The van der Waals surface area contributed by atoms with E-state index in [1.807, 2.05) is 13.1 Å². The molecular weight excluding hydrogens is 272 g/mol. The lowest BCUT2D eigenvalue weighted by atomic mass is 9.96. The number of hydrazine groups is 1. The minimum Gasteiger partial charge on any atom is -0.365 e. The van der Waals surface area contributed by atoms with E-state index in [0.29, 0.717) is 12.4 Å². The Labute approximate surface area is 122 Å². The van der Waals surface area contributed by atoms with Gasteiger partial charge >= 0.3 is 0 Å². The molecule has 2 heterocycles. The normalized spacial score (nSPS) is 11.4. The number of nitrogens with zero attached hydrogens (tertiary/aromatic N) is 3. The van der Waals surface area contributed by atoms with Crippen molar-refractivity contribution in [1.29, 1.82) is 0 Å². The summed E-state index contributed by atoms with van der Waals surface area (Å²) in [6, 6.07) is 1.79. The van der Waals surface area contributed by atoms with Gasteiger partial charge in [0.2, 0.25) is 0 Å². The quantitative estimate of drug-likeness (QED) is 0.592. The van der Waals surface area contributed by atoms with E-state index in [4.69, 9.17) is 5.84 Å². The van der Waals surface area contributed by atoms with Gasteiger partial charge in [0.1, 0.15) is 17.5 Å². The Kier molecular flexibility index (Phi) is 4.20. The largest absolute Gasteiger partial charge is 0.365 e. The summed E-state index contributed by atoms with van der Waals surface area (Å²) >= 11 is 1.67. The number of anilines is 2. The Morgan fingerprint density at radius 2 is 1.95 bits per heavy atom. The molecule has 0 unspecified atom stereocenters. The molecule has 0 saturated heterocycles. The third-order valence-corrected chi connectivity index (χ3v) is 3.57. The molecule has 2 aromatic rings. The molecule has 6 nitrogen and oxygen atoms in total. The first kappa shape index (κ1) is 14.7. The smallest absolute Gasteiger partial charge is 0.145 e. The average Bonchev–Trinajstić information content (AvgIpc) is 2.81. The molecule has 20 heavy (non-hydrogen) atoms. The van der Waals surface area contributed by atoms with Crippen LogP contribution in [0.1, 0.15) is 36.5 Å². The van der Waals surface area contributed by atoms with Crippen LogP contribution in [0.5, 0.6) is 0 Å². The number of rotatable bonds is 4. The first-order valence-electron chi connectivity index (χ1n) is 6.40. The Balaban J connectivity index is 2.18. The van der Waals surface area contributed by atoms with E-state index in [2.05, 4.69) is 46.5 Å². The van der Waals surface area contributed by atoms with Gasteiger partial charge in [-0.3, -0.25) is 0 Å². The number of aromatic nitrogens is 3. The van der Waals surface area contributed by atoms with Crippen LogP contribution in [-0.4, -0.2) is 15.0 Å². The standard InChI is InChI=1S/C13H20N6S/c1-8-15-6-9(20-8)7-16-10-5-11(19-14)18-12(17-10)13(2,3)4/h5-6H,7,14H2,1-4H3,(H2,16,17,18,19). The maximum Gasteiger partial charge on any atom is 0.145 e. The zero-order valence-corrected chi connectivity index (χ0v) is 13.0. The average molecular weight is 292 g/mol. The summed E-state index contributed by atoms with van der Waals surface area (Å²) in [5.41, 5.74) is 2.45. The summed E-state index contributed by atoms with van der Waals surface area (Å²) in [6.45, 7) is 8.89. The number of aryl methyl sites for hydroxylation is 1. The van der Waals surface area contributed by atoms with Gasteiger partial charge in [-0.05, 0) is 6.92 Å². The van der Waals surface area contributed by atoms with Crippen molar-refractivity contribution in [3.63, 3.8) is 0 Å². The van der Waals surface area contributed by atoms with Gasteiger partial charge in [-0.2, -0.15) is 0 Å². The highest BCUT2D eigenvalue weighted by Crippen LogP contribution is 2.22. The van der Waals surface area contributed by atoms with E-state index in [9.17, 15) is 0 Å². The van der Waals surface area contributed by atoms with Gasteiger partial charge in [0, 0.05) is 22.6 Å². The second-order valence-electron chi connectivity index (χ2n) is 5.56. The zero-order chi connectivity index (χ0) is 14.8. The van der Waals surface area contributed by atoms with Crippen LogP contribution in [-0.2, 0) is 12.0 Å². The van der Waals surface area contributed by atoms with E-state index < -0.39 is 0 Å². The molecule has 0 atom stereocenters. The van der Waals surface area contributed by atoms with Crippen LogP contribution >= 0.6 is 11.3 Å². The van der Waals surface area contributed by atoms with E-state index in [1.165, 1.54) is 4.88 Å². The van der Waals surface area contributed by atoms with Crippen molar-refractivity contribution in [3.05, 3.63) is 28.0 Å². The molecule has 0 spiro atoms. The van der Waals surface area contributed by atoms with Gasteiger partial charge in [-0.15, -0.1) is 11.3 Å². The predicted octanol–water partition coefficient (Wildman–Crippen LogP) is 2.44. The summed E-state index contributed by atoms with van der Waals surface area (Å²) < 4.78 is 0. The second kappa shape index (κ2) is 5.72. The van der Waals surface area contributed by atoms with Crippen LogP contribution in [0, 0.1) is 6.92 Å². The zero-order valence-electron chi connectivity index (χ0n) is 12.2. The van der Waals surface area contributed by atoms with Crippen molar-refractivity contribution in [2.75, 3.05) is 10.7 Å². The summed E-state index contributed by atoms with van der Waals surface area (Å²) in [5.74, 6) is 7.57. The van der Waals surface area contributed by atoms with Crippen molar-refractivity contribution < 1.29 is 0 Å². The molecule has 108 valence electrons. The molecule has 2 rings (SSSR count). The SMILES string of the molecule is Cc1ncc(CNc2cc(NN)nc(C(C)(C)C)n2)s1. The predicted molar refractivity (Wildman–Crippen MR) is 82.7 cm³/mol. The van der Waals surface area contributed by atoms with E-state index in [1.54, 1.807) is 17.4 Å². The molecule has 0 bridgehead atoms. The summed E-state index contributed by atoms with van der Waals surface area (Å²) in [4.78, 5) is 14.3. The highest BCUT2D eigenvalue weighted by molar-refractivity contribution is 7.11. The van der Waals surface area contributed by atoms with Gasteiger partial charge in [0.15, 0.2) is 0 Å². The lowest BCUT2D eigenvalue weighted by molar-refractivity contribution is 0.546. The fourth-order valence-corrected chi connectivity index (χ4v) is 2.35. The topological polar surface area (TPSA) is 88.8 Å². The molecular formula is C13H20N6S. The molecule has 0 amide bonds. The molecule has 0 saturated carbocycles. The Morgan fingerprint density at radius 1 is 1.25 bits per heavy atom. The summed E-state index contributed by atoms with van der Waals surface area (Å²) in [5, 5.41) is 4.34. The molecule has 0 aromatic carbocycles. The minimum absolute atomic E-state index is 0.135. The van der Waals surface area contributed by atoms with Crippen LogP contribution in [0.2, 0.25) is 0 Å². The Hall–Kier alpha value is -1.73. The third kappa shape index (κ3) is 3.64. The summed E-state index contributed by atoms with van der Waals surface area (Å²) in [6.07, 6.45) is 1.88. The number of nitrogens with two attached hydrogens (primary N) is 1. The van der Waals surface area contributed by atoms with Crippen LogP contribution in [0.25, 0.3) is 0 Å². The van der Waals surface area contributed by atoms with Gasteiger partial charge in [-0.25, -0.2) is 20.8 Å². The third-order valence-electron chi connectivity index (χ3n) is 2.66. The lowest BCUT2D eigenvalue weighted by Gasteiger charge is -2.18. The number of hydrogen-bond acceptors (Lipinski definition) is 7. The maximum atomic E-state index is 5.47. The maximum absolute atomic E-state index is 5.47. The van der Waals surface area contributed by atoms with Crippen LogP contribution in [0.15, 0.2) is 12.3 Å². The molecule has 7 heteroatoms. The molecule has 4 N–H and O–H groups in total. The van der Waals surface area contributed by atoms with Crippen molar-refractivity contribution in [2.45, 2.75) is 39.7 Å². The van der Waals surface area contributed by atoms with Crippen LogP contribution < -0.4 is 16.6 Å². The Bertz CT molecular complexity index is 587. The molecule has 0 aliphatic carbocycles. The van der Waals surface area contributed by atoms with E-state index in [-0.39, 0.29) is 5.41 Å². The highest BCUT2D eigenvalue weighted by Gasteiger charge is 2.19. The fraction of sp³-hybridized carbons (Fsp3) is 0.462. The molecule has 0 aliphatic heterocycles. The summed E-state index contributed by atoms with van der Waals surface area (Å²) in [7, 11) is 0. The van der Waals surface area contributed by atoms with Crippen molar-refractivity contribution in [1.82, 2.24) is 15.0 Å². The number of thiazole rings is 1. The van der Waals surface area contributed by atoms with Gasteiger partial charge in [0.05, 0.1) is 11.6 Å². The first-order valence-corrected chi connectivity index (χ1v) is 7.21. The van der Waals surface area contributed by atoms with Crippen LogP contribution in [0.3, 0.4) is 0 Å². The van der Waals surface area contributed by atoms with Gasteiger partial charge in [0.25, 0.3) is 0 Å². The van der Waals surface area contributed by atoms with Crippen molar-refractivity contribution in [2.24, 2.45) is 5.84 Å². The monoisotopic (exact) mass is 292 g/mol. The number of hydrogen-bond donors (Lipinski definition) is 3. The molecule has 0 radical (unpaired) electrons. The molecule has 2 aromatic heterocycles. The number of nitrogen functional groups attached to an aromatic ring is 1. The van der Waals surface area contributed by atoms with E-state index in [0.717, 1.165) is 16.6 Å². The van der Waals surface area contributed by atoms with Crippen molar-refractivity contribution >= 4 is 23.0 Å². The van der Waals surface area contributed by atoms with Gasteiger partial charge < -0.3 is 10.7 Å². The van der Waals surface area contributed by atoms with Crippen molar-refractivity contribution in [3.8, 4) is 0 Å². The van der Waals surface area contributed by atoms with Crippen LogP contribution in [0.4, 0.5) is 11.6 Å². The Morgan fingerprint density at radius 3 is 2.50 bits per heavy atom.